The highest BCUT2D eigenvalue weighted by Gasteiger charge is 2.43. The number of halogens is 3. The fraction of sp³-hybridized carbons (Fsp3) is 0.286. The Morgan fingerprint density at radius 2 is 1.74 bits per heavy atom. The lowest BCUT2D eigenvalue weighted by atomic mass is 10.00. The van der Waals surface area contributed by atoms with Gasteiger partial charge in [-0.15, -0.1) is 0 Å². The van der Waals surface area contributed by atoms with Crippen LogP contribution in [0, 0.1) is 5.92 Å². The Morgan fingerprint density at radius 3 is 2.40 bits per heavy atom. The van der Waals surface area contributed by atoms with Gasteiger partial charge in [0.25, 0.3) is 11.8 Å². The first-order chi connectivity index (χ1) is 20.6. The lowest BCUT2D eigenvalue weighted by Crippen LogP contribution is -2.53. The molecule has 0 spiro atoms. The molecule has 15 heteroatoms. The number of carbonyl (C=O) groups excluding carboxylic acids is 3. The van der Waals surface area contributed by atoms with Crippen LogP contribution in [0.2, 0.25) is 0 Å². The number of carbonyl (C=O) groups is 3. The molecule has 5 rings (SSSR count). The van der Waals surface area contributed by atoms with Crippen LogP contribution in [0.25, 0.3) is 34.3 Å². The molecule has 2 aromatic carbocycles. The third-order valence-corrected chi connectivity index (χ3v) is 6.78. The number of nitrogens with one attached hydrogen (secondary N) is 1. The quantitative estimate of drug-likeness (QED) is 0.273. The molecule has 12 nitrogen and oxygen atoms in total. The van der Waals surface area contributed by atoms with Gasteiger partial charge in [-0.1, -0.05) is 64.9 Å². The smallest absolute Gasteiger partial charge is 0.422 e. The third kappa shape index (κ3) is 6.25. The molecule has 43 heavy (non-hydrogen) atoms. The maximum atomic E-state index is 14.0. The summed E-state index contributed by atoms with van der Waals surface area (Å²) in [5.41, 5.74) is -0.846. The average Bonchev–Trinajstić information content (AvgIpc) is 3.64. The summed E-state index contributed by atoms with van der Waals surface area (Å²) in [5.74, 6) is -3.04. The molecule has 224 valence electrons. The minimum absolute atomic E-state index is 0.0143. The van der Waals surface area contributed by atoms with Crippen molar-refractivity contribution in [2.75, 3.05) is 26.7 Å². The molecule has 2 aromatic heterocycles. The Hall–Kier alpha value is -5.05. The van der Waals surface area contributed by atoms with Crippen LogP contribution in [-0.4, -0.2) is 69.8 Å². The average molecular weight is 600 g/mol. The van der Waals surface area contributed by atoms with E-state index in [1.807, 2.05) is 0 Å². The SMILES string of the molecule is COC(=O)C1CN(C(=O)CCNC(=O)[C@H](O)c2ccc(-c3noc(-c4onc(-c5ccccc5)c4C(F)(F)F)n3)cc2)C1. The van der Waals surface area contributed by atoms with Crippen LogP contribution in [0.15, 0.2) is 63.6 Å². The standard InChI is InChI=1S/C28H24F3N5O7/c1-41-27(40)18-13-36(14-18)19(37)11-12-32-25(39)22(38)16-7-9-17(10-8-16)24-33-26(43-35-24)23-20(28(29,30)31)21(34-42-23)15-5-3-2-4-6-15/h2-10,18,22,38H,11-14H2,1H3,(H,32,39)/t22-/m1/s1. The molecule has 0 radical (unpaired) electrons. The number of ether oxygens (including phenoxy) is 1. The van der Waals surface area contributed by atoms with Crippen molar-refractivity contribution >= 4 is 17.8 Å². The molecular weight excluding hydrogens is 575 g/mol. The Balaban J connectivity index is 1.20. The summed E-state index contributed by atoms with van der Waals surface area (Å²) < 4.78 is 56.6. The minimum atomic E-state index is -4.83. The summed E-state index contributed by atoms with van der Waals surface area (Å²) in [6.45, 7) is 0.491. The number of nitrogens with zero attached hydrogens (tertiary/aromatic N) is 4. The molecule has 0 saturated carbocycles. The van der Waals surface area contributed by atoms with E-state index in [1.165, 1.54) is 48.4 Å². The van der Waals surface area contributed by atoms with Gasteiger partial charge in [-0.3, -0.25) is 14.4 Å². The number of likely N-dealkylation sites (tertiary alicyclic amines) is 1. The van der Waals surface area contributed by atoms with Crippen LogP contribution in [0.3, 0.4) is 0 Å². The zero-order valence-corrected chi connectivity index (χ0v) is 22.5. The van der Waals surface area contributed by atoms with Crippen molar-refractivity contribution in [3.63, 3.8) is 0 Å². The number of aliphatic hydroxyl groups excluding tert-OH is 1. The van der Waals surface area contributed by atoms with Gasteiger partial charge < -0.3 is 29.1 Å². The van der Waals surface area contributed by atoms with E-state index in [0.29, 0.717) is 5.56 Å². The number of aromatic nitrogens is 3. The van der Waals surface area contributed by atoms with E-state index < -0.39 is 41.1 Å². The maximum absolute atomic E-state index is 14.0. The van der Waals surface area contributed by atoms with E-state index in [4.69, 9.17) is 9.05 Å². The van der Waals surface area contributed by atoms with Crippen molar-refractivity contribution in [2.45, 2.75) is 18.7 Å². The number of hydrogen-bond acceptors (Lipinski definition) is 10. The molecule has 0 aliphatic carbocycles. The van der Waals surface area contributed by atoms with Gasteiger partial charge >= 0.3 is 12.1 Å². The van der Waals surface area contributed by atoms with Crippen LogP contribution in [0.4, 0.5) is 13.2 Å². The molecule has 0 bridgehead atoms. The second kappa shape index (κ2) is 12.1. The van der Waals surface area contributed by atoms with Gasteiger partial charge in [0.15, 0.2) is 6.10 Å². The van der Waals surface area contributed by atoms with Crippen molar-refractivity contribution < 1.29 is 46.4 Å². The topological polar surface area (TPSA) is 161 Å². The van der Waals surface area contributed by atoms with Gasteiger partial charge in [0, 0.05) is 37.2 Å². The van der Waals surface area contributed by atoms with E-state index >= 15 is 0 Å². The number of aliphatic hydroxyl groups is 1. The zero-order valence-electron chi connectivity index (χ0n) is 22.5. The largest absolute Gasteiger partial charge is 0.469 e. The highest BCUT2D eigenvalue weighted by Crippen LogP contribution is 2.43. The predicted octanol–water partition coefficient (Wildman–Crippen LogP) is 3.25. The lowest BCUT2D eigenvalue weighted by molar-refractivity contribution is -0.155. The lowest BCUT2D eigenvalue weighted by Gasteiger charge is -2.37. The molecule has 1 atom stereocenters. The van der Waals surface area contributed by atoms with Gasteiger partial charge in [0.05, 0.1) is 13.0 Å². The van der Waals surface area contributed by atoms with Gasteiger partial charge in [-0.05, 0) is 5.56 Å². The monoisotopic (exact) mass is 599 g/mol. The van der Waals surface area contributed by atoms with Crippen LogP contribution in [-0.2, 0) is 25.3 Å². The van der Waals surface area contributed by atoms with Crippen LogP contribution in [0.5, 0.6) is 0 Å². The summed E-state index contributed by atoms with van der Waals surface area (Å²) in [4.78, 5) is 41.5. The number of alkyl halides is 3. The molecule has 1 aliphatic rings. The molecule has 2 amide bonds. The number of amides is 2. The minimum Gasteiger partial charge on any atom is -0.469 e. The van der Waals surface area contributed by atoms with Crippen molar-refractivity contribution in [1.29, 1.82) is 0 Å². The van der Waals surface area contributed by atoms with E-state index in [-0.39, 0.29) is 60.8 Å². The zero-order chi connectivity index (χ0) is 30.7. The first-order valence-corrected chi connectivity index (χ1v) is 12.9. The first-order valence-electron chi connectivity index (χ1n) is 12.9. The van der Waals surface area contributed by atoms with Gasteiger partial charge in [0.2, 0.25) is 17.5 Å². The highest BCUT2D eigenvalue weighted by atomic mass is 19.4. The summed E-state index contributed by atoms with van der Waals surface area (Å²) in [6.07, 6.45) is -6.40. The molecule has 2 N–H and O–H groups in total. The number of benzene rings is 2. The number of rotatable bonds is 9. The summed E-state index contributed by atoms with van der Waals surface area (Å²) in [5, 5.41) is 20.2. The molecule has 0 unspecified atom stereocenters. The fourth-order valence-electron chi connectivity index (χ4n) is 4.44. The van der Waals surface area contributed by atoms with E-state index in [1.54, 1.807) is 18.2 Å². The predicted molar refractivity (Wildman–Crippen MR) is 140 cm³/mol. The summed E-state index contributed by atoms with van der Waals surface area (Å²) in [6, 6.07) is 13.4. The van der Waals surface area contributed by atoms with E-state index in [2.05, 4.69) is 25.4 Å². The highest BCUT2D eigenvalue weighted by molar-refractivity contribution is 5.84. The van der Waals surface area contributed by atoms with Crippen molar-refractivity contribution in [3.8, 4) is 34.3 Å². The molecule has 1 fully saturated rings. The van der Waals surface area contributed by atoms with Crippen LogP contribution < -0.4 is 5.32 Å². The third-order valence-electron chi connectivity index (χ3n) is 6.78. The summed E-state index contributed by atoms with van der Waals surface area (Å²) >= 11 is 0. The van der Waals surface area contributed by atoms with Gasteiger partial charge in [-0.25, -0.2) is 0 Å². The Labute approximate surface area is 241 Å². The van der Waals surface area contributed by atoms with E-state index in [9.17, 15) is 32.7 Å². The van der Waals surface area contributed by atoms with Crippen molar-refractivity contribution in [2.24, 2.45) is 5.92 Å². The van der Waals surface area contributed by atoms with Crippen molar-refractivity contribution in [3.05, 3.63) is 65.7 Å². The van der Waals surface area contributed by atoms with Gasteiger partial charge in [-0.2, -0.15) is 18.2 Å². The Bertz CT molecular complexity index is 1610. The maximum Gasteiger partial charge on any atom is 0.422 e. The second-order valence-electron chi connectivity index (χ2n) is 9.61. The Kier molecular flexibility index (Phi) is 8.25. The van der Waals surface area contributed by atoms with E-state index in [0.717, 1.165) is 0 Å². The molecule has 1 saturated heterocycles. The number of hydrogen-bond donors (Lipinski definition) is 2. The van der Waals surface area contributed by atoms with Gasteiger partial charge in [0.1, 0.15) is 11.3 Å². The van der Waals surface area contributed by atoms with Crippen LogP contribution >= 0.6 is 0 Å². The second-order valence-corrected chi connectivity index (χ2v) is 9.61. The molecule has 4 aromatic rings. The van der Waals surface area contributed by atoms with Crippen molar-refractivity contribution in [1.82, 2.24) is 25.5 Å². The number of methoxy groups -OCH3 is 1. The molecule has 3 heterocycles. The Morgan fingerprint density at radius 1 is 1.05 bits per heavy atom. The fourth-order valence-corrected chi connectivity index (χ4v) is 4.44. The van der Waals surface area contributed by atoms with Crippen LogP contribution in [0.1, 0.15) is 23.7 Å². The molecule has 1 aliphatic heterocycles. The number of esters is 1. The first kappa shape index (κ1) is 29.4. The molecular formula is C28H24F3N5O7. The normalized spacial score (nSPS) is 14.2. The summed E-state index contributed by atoms with van der Waals surface area (Å²) in [7, 11) is 1.28.